The fraction of sp³-hybridized carbons (Fsp3) is 0.0909. The number of hydrogen-bond acceptors (Lipinski definition) is 6. The molecule has 148 valence electrons. The molecule has 0 spiro atoms. The van der Waals surface area contributed by atoms with E-state index >= 15 is 0 Å². The molecule has 1 heterocycles. The summed E-state index contributed by atoms with van der Waals surface area (Å²) < 4.78 is 0. The Hall–Kier alpha value is -3.84. The van der Waals surface area contributed by atoms with E-state index < -0.39 is 5.91 Å². The number of carbonyl (C=O) groups excluding carboxylic acids is 1. The van der Waals surface area contributed by atoms with Gasteiger partial charge in [-0.15, -0.1) is 0 Å². The lowest BCUT2D eigenvalue weighted by Crippen LogP contribution is -2.15. The molecule has 1 aromatic carbocycles. The molecule has 0 unspecified atom stereocenters. The van der Waals surface area contributed by atoms with Crippen molar-refractivity contribution in [1.82, 2.24) is 4.98 Å². The maximum absolute atomic E-state index is 12.3. The zero-order valence-corrected chi connectivity index (χ0v) is 16.4. The highest BCUT2D eigenvalue weighted by Crippen LogP contribution is 2.28. The van der Waals surface area contributed by atoms with Crippen molar-refractivity contribution >= 4 is 17.5 Å². The molecule has 29 heavy (non-hydrogen) atoms. The number of rotatable bonds is 8. The molecule has 7 heteroatoms. The van der Waals surface area contributed by atoms with Gasteiger partial charge in [-0.3, -0.25) is 4.79 Å². The molecule has 0 aliphatic rings. The van der Waals surface area contributed by atoms with Gasteiger partial charge in [0.15, 0.2) is 5.76 Å². The van der Waals surface area contributed by atoms with Crippen LogP contribution in [-0.4, -0.2) is 10.9 Å². The highest BCUT2D eigenvalue weighted by molar-refractivity contribution is 6.05. The third-order valence-corrected chi connectivity index (χ3v) is 4.24. The zero-order valence-electron chi connectivity index (χ0n) is 16.4. The second-order valence-electron chi connectivity index (χ2n) is 6.12. The van der Waals surface area contributed by atoms with Gasteiger partial charge in [0.2, 0.25) is 0 Å². The van der Waals surface area contributed by atoms with Crippen LogP contribution in [0.2, 0.25) is 0 Å². The molecule has 0 fully saturated rings. The number of nitrogens with two attached hydrogens (primary N) is 1. The highest BCUT2D eigenvalue weighted by atomic mass is 16.6. The number of aryl methyl sites for hydroxylation is 1. The Kier molecular flexibility index (Phi) is 7.33. The summed E-state index contributed by atoms with van der Waals surface area (Å²) in [6.45, 7) is 10.8. The molecule has 0 saturated carbocycles. The molecule has 0 aliphatic carbocycles. The Morgan fingerprint density at radius 3 is 2.62 bits per heavy atom. The lowest BCUT2D eigenvalue weighted by molar-refractivity contribution is -0.112. The maximum Gasteiger partial charge on any atom is 0.258 e. The smallest absolute Gasteiger partial charge is 0.258 e. The molecular weight excluding hydrogens is 366 g/mol. The van der Waals surface area contributed by atoms with E-state index in [9.17, 15) is 4.79 Å². The van der Waals surface area contributed by atoms with Gasteiger partial charge < -0.3 is 10.2 Å². The first-order valence-corrected chi connectivity index (χ1v) is 8.74. The van der Waals surface area contributed by atoms with Crippen LogP contribution in [-0.2, 0) is 9.63 Å². The van der Waals surface area contributed by atoms with E-state index in [4.69, 9.17) is 16.3 Å². The van der Waals surface area contributed by atoms with Crippen molar-refractivity contribution in [2.45, 2.75) is 13.8 Å². The lowest BCUT2D eigenvalue weighted by Gasteiger charge is -2.11. The summed E-state index contributed by atoms with van der Waals surface area (Å²) in [6.07, 6.45) is 6.31. The number of amides is 1. The van der Waals surface area contributed by atoms with Gasteiger partial charge >= 0.3 is 0 Å². The van der Waals surface area contributed by atoms with E-state index in [-0.39, 0.29) is 11.3 Å². The van der Waals surface area contributed by atoms with Crippen molar-refractivity contribution in [3.05, 3.63) is 90.3 Å². The number of aromatic nitrogens is 1. The van der Waals surface area contributed by atoms with Crippen LogP contribution in [0.5, 0.6) is 0 Å². The van der Waals surface area contributed by atoms with Crippen LogP contribution in [0.1, 0.15) is 18.1 Å². The largest absolute Gasteiger partial charge is 0.411 e. The molecule has 4 N–H and O–H groups in total. The van der Waals surface area contributed by atoms with E-state index in [2.05, 4.69) is 28.6 Å². The van der Waals surface area contributed by atoms with Crippen LogP contribution in [0.3, 0.4) is 0 Å². The molecule has 0 radical (unpaired) electrons. The molecule has 1 aromatic heterocycles. The summed E-state index contributed by atoms with van der Waals surface area (Å²) in [4.78, 5) is 21.5. The molecule has 0 bridgehead atoms. The van der Waals surface area contributed by atoms with Gasteiger partial charge in [-0.05, 0) is 49.2 Å². The Bertz CT molecular complexity index is 1000. The topological polar surface area (TPSA) is 113 Å². The first-order chi connectivity index (χ1) is 13.9. The van der Waals surface area contributed by atoms with Gasteiger partial charge in [0.1, 0.15) is 5.82 Å². The number of anilines is 1. The summed E-state index contributed by atoms with van der Waals surface area (Å²) in [5.74, 6) is 5.80. The van der Waals surface area contributed by atoms with Crippen LogP contribution < -0.4 is 11.2 Å². The predicted octanol–water partition coefficient (Wildman–Crippen LogP) is 4.90. The monoisotopic (exact) mass is 389 g/mol. The van der Waals surface area contributed by atoms with Gasteiger partial charge in [-0.2, -0.15) is 11.0 Å². The third kappa shape index (κ3) is 5.12. The van der Waals surface area contributed by atoms with Crippen molar-refractivity contribution in [2.75, 3.05) is 5.32 Å². The summed E-state index contributed by atoms with van der Waals surface area (Å²) in [6, 6.07) is 9.38. The third-order valence-electron chi connectivity index (χ3n) is 4.24. The average Bonchev–Trinajstić information content (AvgIpc) is 2.73. The Morgan fingerprint density at radius 1 is 1.31 bits per heavy atom. The fourth-order valence-electron chi connectivity index (χ4n) is 2.67. The van der Waals surface area contributed by atoms with Crippen molar-refractivity contribution < 1.29 is 9.63 Å². The molecule has 7 nitrogen and oxygen atoms in total. The quantitative estimate of drug-likeness (QED) is 0.196. The highest BCUT2D eigenvalue weighted by Gasteiger charge is 2.12. The Balaban J connectivity index is 2.32. The Labute approximate surface area is 169 Å². The summed E-state index contributed by atoms with van der Waals surface area (Å²) in [5.41, 5.74) is 11.2. The number of pyridine rings is 1. The standard InChI is InChI=1S/C22H23N5O2/c1-5-7-20(29-24)16-9-8-14(3)19(12-16)17-10-11-21(25-13-17)26-22(28)18(6-2)15(4)27-23/h5-13,23H,1-2,24H2,3-4H3,(H,25,26,28)/b18-15+,20-7-,27-23?. The van der Waals surface area contributed by atoms with E-state index in [0.29, 0.717) is 11.6 Å². The molecule has 0 saturated heterocycles. The van der Waals surface area contributed by atoms with Crippen LogP contribution >= 0.6 is 0 Å². The van der Waals surface area contributed by atoms with Crippen molar-refractivity contribution in [3.8, 4) is 11.1 Å². The molecule has 2 rings (SSSR count). The van der Waals surface area contributed by atoms with Gasteiger partial charge in [0.05, 0.1) is 11.3 Å². The number of nitrogens with zero attached hydrogens (tertiary/aromatic N) is 2. The minimum atomic E-state index is -0.425. The predicted molar refractivity (Wildman–Crippen MR) is 115 cm³/mol. The first-order valence-electron chi connectivity index (χ1n) is 8.74. The van der Waals surface area contributed by atoms with Gasteiger partial charge in [0.25, 0.3) is 5.91 Å². The Morgan fingerprint density at radius 2 is 2.07 bits per heavy atom. The number of carbonyl (C=O) groups is 1. The molecule has 1 amide bonds. The van der Waals surface area contributed by atoms with Crippen LogP contribution in [0, 0.1) is 12.5 Å². The minimum Gasteiger partial charge on any atom is -0.411 e. The number of allylic oxidation sites excluding steroid dienone is 3. The minimum absolute atomic E-state index is 0.220. The molecule has 0 atom stereocenters. The van der Waals surface area contributed by atoms with Crippen LogP contribution in [0.15, 0.2) is 84.3 Å². The average molecular weight is 389 g/mol. The fourth-order valence-corrected chi connectivity index (χ4v) is 2.67. The van der Waals surface area contributed by atoms with Gasteiger partial charge in [0, 0.05) is 17.3 Å². The summed E-state index contributed by atoms with van der Waals surface area (Å²) >= 11 is 0. The second-order valence-corrected chi connectivity index (χ2v) is 6.12. The molecule has 2 aromatic rings. The van der Waals surface area contributed by atoms with Crippen LogP contribution in [0.4, 0.5) is 5.82 Å². The zero-order chi connectivity index (χ0) is 21.4. The summed E-state index contributed by atoms with van der Waals surface area (Å²) in [5, 5.41) is 5.95. The van der Waals surface area contributed by atoms with E-state index in [1.165, 1.54) is 6.08 Å². The molecular formula is C22H23N5O2. The van der Waals surface area contributed by atoms with E-state index in [1.807, 2.05) is 31.2 Å². The second kappa shape index (κ2) is 9.91. The van der Waals surface area contributed by atoms with Gasteiger partial charge in [-0.1, -0.05) is 37.4 Å². The van der Waals surface area contributed by atoms with Crippen molar-refractivity contribution in [3.63, 3.8) is 0 Å². The number of nitrogens with one attached hydrogen (secondary N) is 2. The van der Waals surface area contributed by atoms with Gasteiger partial charge in [-0.25, -0.2) is 10.5 Å². The normalized spacial score (nSPS) is 11.9. The number of benzene rings is 1. The first kappa shape index (κ1) is 21.5. The SMILES string of the molecule is C=C/C=C(\ON)c1ccc(C)c(-c2ccc(NC(=O)/C(C=C)=C(\C)N=N)nc2)c1. The molecule has 0 aliphatic heterocycles. The maximum atomic E-state index is 12.3. The van der Waals surface area contributed by atoms with Crippen molar-refractivity contribution in [2.24, 2.45) is 11.0 Å². The number of hydrogen-bond donors (Lipinski definition) is 3. The van der Waals surface area contributed by atoms with Crippen LogP contribution in [0.25, 0.3) is 16.9 Å². The summed E-state index contributed by atoms with van der Waals surface area (Å²) in [7, 11) is 0. The van der Waals surface area contributed by atoms with E-state index in [1.54, 1.807) is 31.3 Å². The van der Waals surface area contributed by atoms with E-state index in [0.717, 1.165) is 22.3 Å². The van der Waals surface area contributed by atoms with Crippen molar-refractivity contribution in [1.29, 1.82) is 5.53 Å². The lowest BCUT2D eigenvalue weighted by atomic mass is 9.98.